The van der Waals surface area contributed by atoms with Crippen LogP contribution in [0.2, 0.25) is 0 Å². The van der Waals surface area contributed by atoms with Crippen LogP contribution in [0.25, 0.3) is 0 Å². The highest BCUT2D eigenvalue weighted by Gasteiger charge is 2.48. The van der Waals surface area contributed by atoms with E-state index in [1.807, 2.05) is 81.4 Å². The summed E-state index contributed by atoms with van der Waals surface area (Å²) in [5.74, 6) is -0.181. The van der Waals surface area contributed by atoms with Crippen molar-refractivity contribution in [3.8, 4) is 11.5 Å². The molecule has 2 heterocycles. The monoisotopic (exact) mass is 608 g/mol. The van der Waals surface area contributed by atoms with Gasteiger partial charge in [-0.15, -0.1) is 0 Å². The topological polar surface area (TPSA) is 84.9 Å². The Balaban J connectivity index is 1.21. The number of halogens is 1. The standard InChI is InChI=1S/C36H37FN4O4/c1-35(2,3)45-34(43)40-18-16-36(17-19-40)21-25(22-36)32-31(23-38-24-39-32)44-30-15-14-26(37)20-29(30)33(42)41(27-10-6-4-7-11-27)28-12-8-5-9-13-28/h4-15,20,23-25H,16-19,21-22H2,1-3H3. The van der Waals surface area contributed by atoms with E-state index in [1.54, 1.807) is 16.0 Å². The van der Waals surface area contributed by atoms with Crippen molar-refractivity contribution >= 4 is 23.4 Å². The second kappa shape index (κ2) is 12.3. The molecular weight excluding hydrogens is 571 g/mol. The van der Waals surface area contributed by atoms with E-state index in [9.17, 15) is 14.0 Å². The van der Waals surface area contributed by atoms with Gasteiger partial charge in [-0.2, -0.15) is 0 Å². The highest BCUT2D eigenvalue weighted by molar-refractivity contribution is 6.12. The van der Waals surface area contributed by atoms with Gasteiger partial charge in [-0.05, 0) is 94.3 Å². The fraction of sp³-hybridized carbons (Fsp3) is 0.333. The Morgan fingerprint density at radius 3 is 2.13 bits per heavy atom. The van der Waals surface area contributed by atoms with Gasteiger partial charge in [0, 0.05) is 30.4 Å². The predicted molar refractivity (Wildman–Crippen MR) is 169 cm³/mol. The van der Waals surface area contributed by atoms with Crippen molar-refractivity contribution in [2.24, 2.45) is 5.41 Å². The van der Waals surface area contributed by atoms with Crippen LogP contribution >= 0.6 is 0 Å². The molecule has 1 spiro atoms. The second-order valence-electron chi connectivity index (χ2n) is 12.9. The molecule has 45 heavy (non-hydrogen) atoms. The van der Waals surface area contributed by atoms with Crippen molar-refractivity contribution in [2.45, 2.75) is 58.0 Å². The smallest absolute Gasteiger partial charge is 0.410 e. The number of aromatic nitrogens is 2. The zero-order valence-corrected chi connectivity index (χ0v) is 25.8. The number of nitrogens with zero attached hydrogens (tertiary/aromatic N) is 4. The van der Waals surface area contributed by atoms with Crippen molar-refractivity contribution < 1.29 is 23.5 Å². The highest BCUT2D eigenvalue weighted by Crippen LogP contribution is 2.57. The number of hydrogen-bond donors (Lipinski definition) is 0. The van der Waals surface area contributed by atoms with Crippen molar-refractivity contribution in [3.63, 3.8) is 0 Å². The average molecular weight is 609 g/mol. The molecule has 1 saturated carbocycles. The summed E-state index contributed by atoms with van der Waals surface area (Å²) >= 11 is 0. The summed E-state index contributed by atoms with van der Waals surface area (Å²) in [6.07, 6.45) is 6.46. The number of hydrogen-bond acceptors (Lipinski definition) is 6. The summed E-state index contributed by atoms with van der Waals surface area (Å²) in [6.45, 7) is 6.95. The zero-order valence-electron chi connectivity index (χ0n) is 25.8. The Kier molecular flexibility index (Phi) is 8.27. The molecule has 0 N–H and O–H groups in total. The molecule has 2 amide bonds. The van der Waals surface area contributed by atoms with Crippen molar-refractivity contribution in [1.29, 1.82) is 0 Å². The van der Waals surface area contributed by atoms with Gasteiger partial charge in [0.2, 0.25) is 0 Å². The van der Waals surface area contributed by atoms with Crippen LogP contribution in [0.4, 0.5) is 20.6 Å². The molecule has 1 saturated heterocycles. The third-order valence-corrected chi connectivity index (χ3v) is 8.55. The van der Waals surface area contributed by atoms with Crippen LogP contribution in [0.5, 0.6) is 11.5 Å². The molecule has 0 radical (unpaired) electrons. The van der Waals surface area contributed by atoms with Crippen LogP contribution < -0.4 is 9.64 Å². The molecule has 0 atom stereocenters. The zero-order chi connectivity index (χ0) is 31.6. The van der Waals surface area contributed by atoms with E-state index in [0.717, 1.165) is 31.4 Å². The van der Waals surface area contributed by atoms with Crippen LogP contribution in [0.15, 0.2) is 91.4 Å². The lowest BCUT2D eigenvalue weighted by atomic mass is 9.56. The third-order valence-electron chi connectivity index (χ3n) is 8.55. The number of rotatable bonds is 6. The van der Waals surface area contributed by atoms with Gasteiger partial charge in [0.15, 0.2) is 5.75 Å². The number of likely N-dealkylation sites (tertiary alicyclic amines) is 1. The molecule has 3 aromatic carbocycles. The van der Waals surface area contributed by atoms with Gasteiger partial charge >= 0.3 is 6.09 Å². The molecule has 2 aliphatic rings. The van der Waals surface area contributed by atoms with Gasteiger partial charge in [-0.3, -0.25) is 9.69 Å². The molecule has 1 aliphatic heterocycles. The summed E-state index contributed by atoms with van der Waals surface area (Å²) < 4.78 is 26.6. The molecule has 0 unspecified atom stereocenters. The Morgan fingerprint density at radius 1 is 0.911 bits per heavy atom. The molecule has 6 rings (SSSR count). The number of carbonyl (C=O) groups excluding carboxylic acids is 2. The second-order valence-corrected chi connectivity index (χ2v) is 12.9. The van der Waals surface area contributed by atoms with E-state index < -0.39 is 17.3 Å². The maximum absolute atomic E-state index is 14.7. The maximum atomic E-state index is 14.7. The number of benzene rings is 3. The lowest BCUT2D eigenvalue weighted by Crippen LogP contribution is -2.49. The Bertz CT molecular complexity index is 1620. The molecule has 0 bridgehead atoms. The average Bonchev–Trinajstić information content (AvgIpc) is 3.01. The van der Waals surface area contributed by atoms with Gasteiger partial charge in [0.25, 0.3) is 5.91 Å². The predicted octanol–water partition coefficient (Wildman–Crippen LogP) is 8.28. The summed E-state index contributed by atoms with van der Waals surface area (Å²) in [5, 5.41) is 0. The Morgan fingerprint density at radius 2 is 1.53 bits per heavy atom. The van der Waals surface area contributed by atoms with Crippen LogP contribution in [0, 0.1) is 11.2 Å². The van der Waals surface area contributed by atoms with Gasteiger partial charge in [0.05, 0.1) is 17.5 Å². The van der Waals surface area contributed by atoms with Crippen molar-refractivity contribution in [2.75, 3.05) is 18.0 Å². The van der Waals surface area contributed by atoms with E-state index >= 15 is 0 Å². The van der Waals surface area contributed by atoms with Crippen molar-refractivity contribution in [3.05, 3.63) is 108 Å². The lowest BCUT2D eigenvalue weighted by molar-refractivity contribution is -0.0128. The molecule has 232 valence electrons. The normalized spacial score (nSPS) is 16.1. The number of carbonyl (C=O) groups is 2. The highest BCUT2D eigenvalue weighted by atomic mass is 19.1. The first kappa shape index (κ1) is 30.2. The van der Waals surface area contributed by atoms with Crippen LogP contribution in [-0.4, -0.2) is 45.6 Å². The molecular formula is C36H37FN4O4. The summed E-state index contributed by atoms with van der Waals surface area (Å²) in [7, 11) is 0. The van der Waals surface area contributed by atoms with E-state index in [2.05, 4.69) is 9.97 Å². The number of anilines is 2. The maximum Gasteiger partial charge on any atom is 0.410 e. The van der Waals surface area contributed by atoms with E-state index in [4.69, 9.17) is 9.47 Å². The molecule has 1 aliphatic carbocycles. The van der Waals surface area contributed by atoms with E-state index in [1.165, 1.54) is 24.5 Å². The lowest BCUT2D eigenvalue weighted by Gasteiger charge is -2.52. The summed E-state index contributed by atoms with van der Waals surface area (Å²) in [4.78, 5) is 38.8. The third kappa shape index (κ3) is 6.67. The minimum atomic E-state index is -0.546. The van der Waals surface area contributed by atoms with Gasteiger partial charge in [-0.25, -0.2) is 19.2 Å². The first-order chi connectivity index (χ1) is 21.6. The molecule has 4 aromatic rings. The summed E-state index contributed by atoms with van der Waals surface area (Å²) in [6, 6.07) is 22.4. The van der Waals surface area contributed by atoms with Crippen molar-refractivity contribution in [1.82, 2.24) is 14.9 Å². The largest absolute Gasteiger partial charge is 0.453 e. The molecule has 1 aromatic heterocycles. The van der Waals surface area contributed by atoms with Crippen LogP contribution in [0.1, 0.15) is 68.4 Å². The minimum absolute atomic E-state index is 0.0807. The van der Waals surface area contributed by atoms with Gasteiger partial charge < -0.3 is 14.4 Å². The first-order valence-corrected chi connectivity index (χ1v) is 15.3. The minimum Gasteiger partial charge on any atom is -0.453 e. The fourth-order valence-corrected chi connectivity index (χ4v) is 6.32. The number of ether oxygens (including phenoxy) is 2. The van der Waals surface area contributed by atoms with Gasteiger partial charge in [-0.1, -0.05) is 36.4 Å². The first-order valence-electron chi connectivity index (χ1n) is 15.3. The summed E-state index contributed by atoms with van der Waals surface area (Å²) in [5.41, 5.74) is 1.74. The van der Waals surface area contributed by atoms with Gasteiger partial charge in [0.1, 0.15) is 23.5 Å². The number of amides is 2. The Hall–Kier alpha value is -4.79. The van der Waals surface area contributed by atoms with Crippen LogP contribution in [0.3, 0.4) is 0 Å². The Labute approximate surface area is 262 Å². The molecule has 8 nitrogen and oxygen atoms in total. The number of para-hydroxylation sites is 2. The van der Waals surface area contributed by atoms with E-state index in [-0.39, 0.29) is 28.7 Å². The molecule has 9 heteroatoms. The SMILES string of the molecule is CC(C)(C)OC(=O)N1CCC2(CC1)CC(c1ncncc1Oc1ccc(F)cc1C(=O)N(c1ccccc1)c1ccccc1)C2. The number of piperidine rings is 1. The van der Waals surface area contributed by atoms with Crippen LogP contribution in [-0.2, 0) is 4.74 Å². The molecule has 2 fully saturated rings. The quantitative estimate of drug-likeness (QED) is 0.219. The fourth-order valence-electron chi connectivity index (χ4n) is 6.32. The van der Waals surface area contributed by atoms with E-state index in [0.29, 0.717) is 30.2 Å².